The summed E-state index contributed by atoms with van der Waals surface area (Å²) in [6.45, 7) is 8.31. The van der Waals surface area contributed by atoms with Gasteiger partial charge in [0.2, 0.25) is 0 Å². The lowest BCUT2D eigenvalue weighted by atomic mass is 9.79. The number of rotatable bonds is 9. The van der Waals surface area contributed by atoms with E-state index >= 15 is 0 Å². The molecule has 0 saturated carbocycles. The highest BCUT2D eigenvalue weighted by atomic mass is 32.2. The van der Waals surface area contributed by atoms with Gasteiger partial charge in [-0.15, -0.1) is 11.8 Å². The van der Waals surface area contributed by atoms with Gasteiger partial charge in [0.25, 0.3) is 0 Å². The van der Waals surface area contributed by atoms with Crippen molar-refractivity contribution < 1.29 is 18.8 Å². The fourth-order valence-electron chi connectivity index (χ4n) is 2.64. The van der Waals surface area contributed by atoms with Crippen LogP contribution >= 0.6 is 11.8 Å². The molecule has 140 valence electrons. The molecule has 1 saturated heterocycles. The van der Waals surface area contributed by atoms with Gasteiger partial charge in [-0.3, -0.25) is 0 Å². The number of unbranched alkanes of at least 4 members (excludes halogenated alkanes) is 1. The summed E-state index contributed by atoms with van der Waals surface area (Å²) in [5.74, 6) is 1.09. The van der Waals surface area contributed by atoms with Crippen molar-refractivity contribution in [2.75, 3.05) is 20.0 Å². The van der Waals surface area contributed by atoms with Crippen LogP contribution in [0.2, 0.25) is 0 Å². The van der Waals surface area contributed by atoms with Crippen molar-refractivity contribution in [2.24, 2.45) is 0 Å². The van der Waals surface area contributed by atoms with Crippen molar-refractivity contribution in [3.05, 3.63) is 24.3 Å². The second-order valence-corrected chi connectivity index (χ2v) is 8.57. The van der Waals surface area contributed by atoms with Crippen molar-refractivity contribution in [2.45, 2.75) is 69.3 Å². The van der Waals surface area contributed by atoms with E-state index in [1.165, 1.54) is 4.90 Å². The maximum Gasteiger partial charge on any atom is 0.494 e. The third-order valence-corrected chi connectivity index (χ3v) is 6.13. The molecule has 0 aromatic heterocycles. The molecule has 0 bridgehead atoms. The Morgan fingerprint density at radius 3 is 2.04 bits per heavy atom. The van der Waals surface area contributed by atoms with Gasteiger partial charge >= 0.3 is 7.12 Å². The minimum absolute atomic E-state index is 0.0794. The van der Waals surface area contributed by atoms with E-state index in [4.69, 9.17) is 18.8 Å². The number of hydrogen-bond donors (Lipinski definition) is 0. The molecule has 1 aromatic rings. The molecule has 0 N–H and O–H groups in total. The molecule has 25 heavy (non-hydrogen) atoms. The number of methoxy groups -OCH3 is 2. The van der Waals surface area contributed by atoms with Crippen LogP contribution in [0.1, 0.15) is 47.0 Å². The lowest BCUT2D eigenvalue weighted by molar-refractivity contribution is -0.106. The van der Waals surface area contributed by atoms with Crippen molar-refractivity contribution in [1.82, 2.24) is 0 Å². The van der Waals surface area contributed by atoms with E-state index in [0.29, 0.717) is 0 Å². The number of ether oxygens (including phenoxy) is 2. The zero-order valence-electron chi connectivity index (χ0n) is 16.3. The van der Waals surface area contributed by atoms with Gasteiger partial charge in [-0.05, 0) is 70.3 Å². The summed E-state index contributed by atoms with van der Waals surface area (Å²) in [4.78, 5) is 1.27. The van der Waals surface area contributed by atoms with E-state index in [2.05, 4.69) is 52.0 Å². The Morgan fingerprint density at radius 2 is 1.52 bits per heavy atom. The standard InChI is InChI=1S/C19H31BO4S/c1-18(2)19(3,4)24-20(23-18)15-10-12-16(13-11-15)25-14-8-7-9-17(21-5)22-6/h10-13,17H,7-9,14H2,1-6H3. The van der Waals surface area contributed by atoms with E-state index in [0.717, 1.165) is 30.5 Å². The molecule has 0 unspecified atom stereocenters. The summed E-state index contributed by atoms with van der Waals surface area (Å²) in [6.07, 6.45) is 3.11. The third-order valence-electron chi connectivity index (χ3n) is 5.03. The lowest BCUT2D eigenvalue weighted by Crippen LogP contribution is -2.41. The fourth-order valence-corrected chi connectivity index (χ4v) is 3.55. The molecule has 6 heteroatoms. The zero-order chi connectivity index (χ0) is 18.5. The van der Waals surface area contributed by atoms with Crippen LogP contribution in [-0.2, 0) is 18.8 Å². The van der Waals surface area contributed by atoms with Crippen LogP contribution in [-0.4, -0.2) is 44.6 Å². The van der Waals surface area contributed by atoms with Gasteiger partial charge in [-0.1, -0.05) is 12.1 Å². The Bertz CT molecular complexity index is 513. The zero-order valence-corrected chi connectivity index (χ0v) is 17.2. The molecule has 2 rings (SSSR count). The second kappa shape index (κ2) is 8.91. The molecule has 1 aliphatic rings. The van der Waals surface area contributed by atoms with E-state index in [-0.39, 0.29) is 24.6 Å². The smallest absolute Gasteiger partial charge is 0.399 e. The Balaban J connectivity index is 1.77. The maximum atomic E-state index is 6.09. The van der Waals surface area contributed by atoms with Gasteiger partial charge in [-0.25, -0.2) is 0 Å². The summed E-state index contributed by atoms with van der Waals surface area (Å²) in [6, 6.07) is 8.52. The van der Waals surface area contributed by atoms with Crippen LogP contribution < -0.4 is 5.46 Å². The lowest BCUT2D eigenvalue weighted by Gasteiger charge is -2.32. The van der Waals surface area contributed by atoms with E-state index in [1.54, 1.807) is 14.2 Å². The predicted octanol–water partition coefficient (Wildman–Crippen LogP) is 3.87. The van der Waals surface area contributed by atoms with Crippen LogP contribution in [0.4, 0.5) is 0 Å². The van der Waals surface area contributed by atoms with Gasteiger partial charge in [0.15, 0.2) is 6.29 Å². The van der Waals surface area contributed by atoms with Gasteiger partial charge in [0.05, 0.1) is 11.2 Å². The first kappa shape index (κ1) is 20.8. The molecule has 0 radical (unpaired) electrons. The van der Waals surface area contributed by atoms with Crippen molar-refractivity contribution in [3.8, 4) is 0 Å². The molecule has 4 nitrogen and oxygen atoms in total. The summed E-state index contributed by atoms with van der Waals surface area (Å²) >= 11 is 1.87. The van der Waals surface area contributed by atoms with E-state index < -0.39 is 0 Å². The molecule has 1 aromatic carbocycles. The summed E-state index contributed by atoms with van der Waals surface area (Å²) in [5.41, 5.74) is 0.479. The average Bonchev–Trinajstić information content (AvgIpc) is 2.79. The first-order chi connectivity index (χ1) is 11.8. The molecular formula is C19H31BO4S. The quantitative estimate of drug-likeness (QED) is 0.287. The van der Waals surface area contributed by atoms with E-state index in [1.807, 2.05) is 11.8 Å². The van der Waals surface area contributed by atoms with Crippen LogP contribution in [0.5, 0.6) is 0 Å². The third kappa shape index (κ3) is 5.47. The SMILES string of the molecule is COC(CCCCSc1ccc(B2OC(C)(C)C(C)(C)O2)cc1)OC. The Kier molecular flexibility index (Phi) is 7.41. The Hall–Kier alpha value is -0.525. The maximum absolute atomic E-state index is 6.09. The van der Waals surface area contributed by atoms with Gasteiger partial charge < -0.3 is 18.8 Å². The largest absolute Gasteiger partial charge is 0.494 e. The molecule has 1 aliphatic heterocycles. The van der Waals surface area contributed by atoms with Crippen molar-refractivity contribution >= 4 is 24.3 Å². The Morgan fingerprint density at radius 1 is 0.960 bits per heavy atom. The first-order valence-electron chi connectivity index (χ1n) is 8.93. The molecule has 1 fully saturated rings. The van der Waals surface area contributed by atoms with Gasteiger partial charge in [0.1, 0.15) is 0 Å². The van der Waals surface area contributed by atoms with Crippen molar-refractivity contribution in [1.29, 1.82) is 0 Å². The molecule has 1 heterocycles. The fraction of sp³-hybridized carbons (Fsp3) is 0.684. The van der Waals surface area contributed by atoms with Crippen molar-refractivity contribution in [3.63, 3.8) is 0 Å². The number of hydrogen-bond acceptors (Lipinski definition) is 5. The summed E-state index contributed by atoms with van der Waals surface area (Å²) < 4.78 is 22.6. The molecule has 0 aliphatic carbocycles. The molecule has 0 atom stereocenters. The summed E-state index contributed by atoms with van der Waals surface area (Å²) in [5, 5.41) is 0. The predicted molar refractivity (Wildman–Crippen MR) is 105 cm³/mol. The van der Waals surface area contributed by atoms with Crippen LogP contribution in [0, 0.1) is 0 Å². The van der Waals surface area contributed by atoms with E-state index in [9.17, 15) is 0 Å². The summed E-state index contributed by atoms with van der Waals surface area (Å²) in [7, 11) is 3.08. The Labute approximate surface area is 157 Å². The number of benzene rings is 1. The van der Waals surface area contributed by atoms with Crippen LogP contribution in [0.25, 0.3) is 0 Å². The average molecular weight is 366 g/mol. The molecule has 0 spiro atoms. The minimum atomic E-state index is -0.298. The van der Waals surface area contributed by atoms with Crippen LogP contribution in [0.15, 0.2) is 29.2 Å². The van der Waals surface area contributed by atoms with Gasteiger partial charge in [-0.2, -0.15) is 0 Å². The monoisotopic (exact) mass is 366 g/mol. The second-order valence-electron chi connectivity index (χ2n) is 7.40. The highest BCUT2D eigenvalue weighted by Gasteiger charge is 2.51. The molecule has 0 amide bonds. The normalized spacial score (nSPS) is 18.9. The first-order valence-corrected chi connectivity index (χ1v) is 9.91. The minimum Gasteiger partial charge on any atom is -0.399 e. The van der Waals surface area contributed by atoms with Crippen LogP contribution in [0.3, 0.4) is 0 Å². The van der Waals surface area contributed by atoms with Gasteiger partial charge in [0, 0.05) is 19.1 Å². The highest BCUT2D eigenvalue weighted by molar-refractivity contribution is 7.99. The number of thioether (sulfide) groups is 1. The topological polar surface area (TPSA) is 36.9 Å². The molecular weight excluding hydrogens is 335 g/mol. The highest BCUT2D eigenvalue weighted by Crippen LogP contribution is 2.36.